The van der Waals surface area contributed by atoms with Gasteiger partial charge in [0.1, 0.15) is 11.6 Å². The summed E-state index contributed by atoms with van der Waals surface area (Å²) in [5, 5.41) is 12.1. The van der Waals surface area contributed by atoms with E-state index in [1.54, 1.807) is 0 Å². The molecule has 0 radical (unpaired) electrons. The molecule has 1 aromatic carbocycles. The van der Waals surface area contributed by atoms with Gasteiger partial charge >= 0.3 is 0 Å². The zero-order valence-electron chi connectivity index (χ0n) is 9.99. The van der Waals surface area contributed by atoms with E-state index in [0.29, 0.717) is 5.56 Å². The van der Waals surface area contributed by atoms with Crippen molar-refractivity contribution < 1.29 is 18.7 Å². The topological polar surface area (TPSA) is 75.3 Å². The molecular weight excluding hydrogens is 242 g/mol. The number of hydrogen-bond donors (Lipinski definition) is 3. The maximum absolute atomic E-state index is 13.0. The highest BCUT2D eigenvalue weighted by Gasteiger charge is 2.19. The van der Waals surface area contributed by atoms with E-state index in [1.165, 1.54) is 6.92 Å². The lowest BCUT2D eigenvalue weighted by molar-refractivity contribution is -0.120. The van der Waals surface area contributed by atoms with Crippen LogP contribution in [-0.2, 0) is 11.2 Å². The highest BCUT2D eigenvalue weighted by molar-refractivity contribution is 5.73. The molecule has 100 valence electrons. The number of nitrogens with two attached hydrogens (primary N) is 1. The Kier molecular flexibility index (Phi) is 5.18. The number of carbonyl (C=O) groups is 1. The molecule has 0 saturated heterocycles. The zero-order valence-corrected chi connectivity index (χ0v) is 9.99. The number of benzene rings is 1. The second-order valence-corrected chi connectivity index (χ2v) is 4.09. The van der Waals surface area contributed by atoms with Gasteiger partial charge in [-0.2, -0.15) is 0 Å². The minimum Gasteiger partial charge on any atom is -0.390 e. The van der Waals surface area contributed by atoms with Gasteiger partial charge in [-0.15, -0.1) is 0 Å². The fourth-order valence-electron chi connectivity index (χ4n) is 1.69. The van der Waals surface area contributed by atoms with E-state index in [4.69, 9.17) is 5.73 Å². The van der Waals surface area contributed by atoms with Gasteiger partial charge in [-0.1, -0.05) is 0 Å². The normalized spacial score (nSPS) is 14.1. The van der Waals surface area contributed by atoms with Crippen molar-refractivity contribution in [1.29, 1.82) is 0 Å². The van der Waals surface area contributed by atoms with Crippen LogP contribution in [0.25, 0.3) is 0 Å². The first kappa shape index (κ1) is 14.5. The van der Waals surface area contributed by atoms with E-state index in [0.717, 1.165) is 18.2 Å². The average Bonchev–Trinajstić information content (AvgIpc) is 2.25. The minimum absolute atomic E-state index is 0.0528. The van der Waals surface area contributed by atoms with E-state index in [2.05, 4.69) is 5.32 Å². The molecule has 18 heavy (non-hydrogen) atoms. The lowest BCUT2D eigenvalue weighted by Crippen LogP contribution is -2.47. The van der Waals surface area contributed by atoms with Crippen molar-refractivity contribution in [3.05, 3.63) is 35.4 Å². The Morgan fingerprint density at radius 1 is 1.39 bits per heavy atom. The molecule has 1 rings (SSSR count). The summed E-state index contributed by atoms with van der Waals surface area (Å²) in [5.41, 5.74) is 5.66. The summed E-state index contributed by atoms with van der Waals surface area (Å²) in [4.78, 5) is 11.0. The first-order valence-corrected chi connectivity index (χ1v) is 5.52. The van der Waals surface area contributed by atoms with E-state index in [1.807, 2.05) is 0 Å². The quantitative estimate of drug-likeness (QED) is 0.712. The van der Waals surface area contributed by atoms with E-state index in [9.17, 15) is 18.7 Å². The van der Waals surface area contributed by atoms with Crippen molar-refractivity contribution in [2.24, 2.45) is 5.73 Å². The highest BCUT2D eigenvalue weighted by atomic mass is 19.1. The Labute approximate surface area is 104 Å². The van der Waals surface area contributed by atoms with Gasteiger partial charge in [-0.25, -0.2) is 8.78 Å². The van der Waals surface area contributed by atoms with Crippen LogP contribution >= 0.6 is 0 Å². The SMILES string of the molecule is CC(=O)N[C@@H](Cc1cc(F)cc(F)c1)C(O)CN. The molecule has 0 aliphatic rings. The molecule has 1 amide bonds. The van der Waals surface area contributed by atoms with Crippen LogP contribution < -0.4 is 11.1 Å². The van der Waals surface area contributed by atoms with Crippen molar-refractivity contribution in [2.75, 3.05) is 6.54 Å². The molecule has 0 bridgehead atoms. The number of amides is 1. The highest BCUT2D eigenvalue weighted by Crippen LogP contribution is 2.11. The molecule has 0 spiro atoms. The number of carbonyl (C=O) groups excluding carboxylic acids is 1. The number of rotatable bonds is 5. The molecule has 2 atom stereocenters. The van der Waals surface area contributed by atoms with Gasteiger partial charge in [0.2, 0.25) is 5.91 Å². The lowest BCUT2D eigenvalue weighted by Gasteiger charge is -2.22. The van der Waals surface area contributed by atoms with Crippen molar-refractivity contribution in [3.63, 3.8) is 0 Å². The number of halogens is 2. The smallest absolute Gasteiger partial charge is 0.217 e. The van der Waals surface area contributed by atoms with Crippen molar-refractivity contribution in [2.45, 2.75) is 25.5 Å². The first-order chi connectivity index (χ1) is 8.42. The maximum atomic E-state index is 13.0. The molecule has 0 aliphatic carbocycles. The summed E-state index contributed by atoms with van der Waals surface area (Å²) in [7, 11) is 0. The third-order valence-corrected chi connectivity index (χ3v) is 2.47. The number of nitrogens with one attached hydrogen (secondary N) is 1. The van der Waals surface area contributed by atoms with Gasteiger partial charge in [0.05, 0.1) is 12.1 Å². The van der Waals surface area contributed by atoms with Crippen LogP contribution in [0.2, 0.25) is 0 Å². The monoisotopic (exact) mass is 258 g/mol. The second-order valence-electron chi connectivity index (χ2n) is 4.09. The minimum atomic E-state index is -0.972. The van der Waals surface area contributed by atoms with Crippen LogP contribution in [-0.4, -0.2) is 29.7 Å². The molecule has 0 heterocycles. The van der Waals surface area contributed by atoms with E-state index >= 15 is 0 Å². The van der Waals surface area contributed by atoms with Crippen LogP contribution in [0.1, 0.15) is 12.5 Å². The molecule has 4 nitrogen and oxygen atoms in total. The molecule has 4 N–H and O–H groups in total. The molecule has 0 aromatic heterocycles. The first-order valence-electron chi connectivity index (χ1n) is 5.52. The third kappa shape index (κ3) is 4.38. The molecule has 1 aromatic rings. The average molecular weight is 258 g/mol. The van der Waals surface area contributed by atoms with Crippen molar-refractivity contribution in [3.8, 4) is 0 Å². The summed E-state index contributed by atoms with van der Waals surface area (Å²) in [5.74, 6) is -1.74. The largest absolute Gasteiger partial charge is 0.390 e. The van der Waals surface area contributed by atoms with E-state index in [-0.39, 0.29) is 18.9 Å². The van der Waals surface area contributed by atoms with Crippen LogP contribution in [0.4, 0.5) is 8.78 Å². The standard InChI is InChI=1S/C12H16F2N2O2/c1-7(17)16-11(12(18)6-15)4-8-2-9(13)5-10(14)3-8/h2-3,5,11-12,18H,4,6,15H2,1H3,(H,16,17)/t11-,12?/m0/s1. The number of aliphatic hydroxyl groups excluding tert-OH is 1. The van der Waals surface area contributed by atoms with Gasteiger partial charge in [-0.05, 0) is 24.1 Å². The van der Waals surface area contributed by atoms with Crippen LogP contribution in [0.15, 0.2) is 18.2 Å². The summed E-state index contributed by atoms with van der Waals surface area (Å²) in [6.45, 7) is 1.24. The fourth-order valence-corrected chi connectivity index (χ4v) is 1.69. The van der Waals surface area contributed by atoms with Gasteiger partial charge in [-0.3, -0.25) is 4.79 Å². The Hall–Kier alpha value is -1.53. The Morgan fingerprint density at radius 3 is 2.39 bits per heavy atom. The molecule has 6 heteroatoms. The van der Waals surface area contributed by atoms with Gasteiger partial charge in [0, 0.05) is 19.5 Å². The predicted octanol–water partition coefficient (Wildman–Crippen LogP) is 0.332. The van der Waals surface area contributed by atoms with E-state index < -0.39 is 23.8 Å². The van der Waals surface area contributed by atoms with Crippen LogP contribution in [0, 0.1) is 11.6 Å². The Morgan fingerprint density at radius 2 is 1.94 bits per heavy atom. The predicted molar refractivity (Wildman–Crippen MR) is 62.7 cm³/mol. The lowest BCUT2D eigenvalue weighted by atomic mass is 10.0. The Bertz CT molecular complexity index is 406. The summed E-state index contributed by atoms with van der Waals surface area (Å²) >= 11 is 0. The molecule has 0 aliphatic heterocycles. The maximum Gasteiger partial charge on any atom is 0.217 e. The second kappa shape index (κ2) is 6.42. The van der Waals surface area contributed by atoms with Crippen molar-refractivity contribution >= 4 is 5.91 Å². The summed E-state index contributed by atoms with van der Waals surface area (Å²) in [6, 6.07) is 2.40. The third-order valence-electron chi connectivity index (χ3n) is 2.47. The van der Waals surface area contributed by atoms with Gasteiger partial charge in [0.15, 0.2) is 0 Å². The molecule has 1 unspecified atom stereocenters. The fraction of sp³-hybridized carbons (Fsp3) is 0.417. The summed E-state index contributed by atoms with van der Waals surface area (Å²) in [6.07, 6.45) is -0.868. The Balaban J connectivity index is 2.84. The zero-order chi connectivity index (χ0) is 13.7. The van der Waals surface area contributed by atoms with Crippen LogP contribution in [0.3, 0.4) is 0 Å². The number of hydrogen-bond acceptors (Lipinski definition) is 3. The van der Waals surface area contributed by atoms with Gasteiger partial charge in [0.25, 0.3) is 0 Å². The molecule has 0 saturated carbocycles. The summed E-state index contributed by atoms with van der Waals surface area (Å²) < 4.78 is 26.0. The number of aliphatic hydroxyl groups is 1. The molecular formula is C12H16F2N2O2. The molecule has 0 fully saturated rings. The van der Waals surface area contributed by atoms with Crippen LogP contribution in [0.5, 0.6) is 0 Å². The van der Waals surface area contributed by atoms with Gasteiger partial charge < -0.3 is 16.2 Å². The van der Waals surface area contributed by atoms with Crippen molar-refractivity contribution in [1.82, 2.24) is 5.32 Å².